The summed E-state index contributed by atoms with van der Waals surface area (Å²) in [6.07, 6.45) is 0.684. The lowest BCUT2D eigenvalue weighted by molar-refractivity contribution is 0.0576. The molecule has 0 saturated heterocycles. The molecule has 0 radical (unpaired) electrons. The van der Waals surface area contributed by atoms with Crippen LogP contribution in [0.4, 0.5) is 0 Å². The van der Waals surface area contributed by atoms with Gasteiger partial charge in [0.15, 0.2) is 4.96 Å². The Labute approximate surface area is 133 Å². The molecule has 2 aromatic rings. The van der Waals surface area contributed by atoms with E-state index in [9.17, 15) is 14.7 Å². The molecule has 2 heterocycles. The minimum atomic E-state index is -0.657. The Morgan fingerprint density at radius 1 is 1.41 bits per heavy atom. The van der Waals surface area contributed by atoms with Gasteiger partial charge in [-0.05, 0) is 34.6 Å². The van der Waals surface area contributed by atoms with Crippen LogP contribution in [0.1, 0.15) is 41.7 Å². The zero-order valence-corrected chi connectivity index (χ0v) is 14.3. The Bertz CT molecular complexity index is 761. The summed E-state index contributed by atoms with van der Waals surface area (Å²) in [5, 5.41) is 9.56. The molecule has 0 saturated carbocycles. The Morgan fingerprint density at radius 3 is 2.59 bits per heavy atom. The van der Waals surface area contributed by atoms with E-state index in [1.54, 1.807) is 6.92 Å². The van der Waals surface area contributed by atoms with Gasteiger partial charge in [0, 0.05) is 29.4 Å². The number of aromatic nitrogens is 2. The first-order valence-corrected chi connectivity index (χ1v) is 8.02. The average Bonchev–Trinajstić information content (AvgIpc) is 2.71. The zero-order chi connectivity index (χ0) is 16.6. The van der Waals surface area contributed by atoms with E-state index in [0.29, 0.717) is 4.96 Å². The molecule has 0 fully saturated rings. The first kappa shape index (κ1) is 16.6. The molecule has 0 spiro atoms. The van der Waals surface area contributed by atoms with E-state index in [0.717, 1.165) is 10.6 Å². The van der Waals surface area contributed by atoms with Crippen LogP contribution < -0.4 is 5.56 Å². The van der Waals surface area contributed by atoms with Gasteiger partial charge in [-0.3, -0.25) is 14.0 Å². The number of aliphatic hydroxyl groups excluding tert-OH is 1. The van der Waals surface area contributed by atoms with Crippen molar-refractivity contribution in [1.82, 2.24) is 14.3 Å². The third kappa shape index (κ3) is 2.91. The first-order chi connectivity index (χ1) is 10.2. The second kappa shape index (κ2) is 6.18. The maximum Gasteiger partial charge on any atom is 0.271 e. The number of thiazole rings is 1. The predicted molar refractivity (Wildman–Crippen MR) is 86.7 cm³/mol. The molecule has 0 aliphatic heterocycles. The van der Waals surface area contributed by atoms with Crippen molar-refractivity contribution in [2.24, 2.45) is 0 Å². The molecular weight excluding hydrogens is 302 g/mol. The molecule has 0 bridgehead atoms. The lowest BCUT2D eigenvalue weighted by Crippen LogP contribution is -2.43. The predicted octanol–water partition coefficient (Wildman–Crippen LogP) is 1.60. The standard InChI is InChI=1S/C15H21N3O3S/c1-8(2)17(7-9(3)19)13(20)12-6-16-15-18(14(12)21)10(4)11(5)22-15/h6,8-9,19H,7H2,1-5H3. The molecule has 1 atom stereocenters. The van der Waals surface area contributed by atoms with Crippen molar-refractivity contribution >= 4 is 22.2 Å². The summed E-state index contributed by atoms with van der Waals surface area (Å²) in [7, 11) is 0. The quantitative estimate of drug-likeness (QED) is 0.927. The number of aliphatic hydroxyl groups is 1. The van der Waals surface area contributed by atoms with Crippen LogP contribution >= 0.6 is 11.3 Å². The summed E-state index contributed by atoms with van der Waals surface area (Å²) >= 11 is 1.43. The Balaban J connectivity index is 2.54. The highest BCUT2D eigenvalue weighted by Crippen LogP contribution is 2.18. The molecule has 7 heteroatoms. The molecule has 120 valence electrons. The van der Waals surface area contributed by atoms with Gasteiger partial charge in [0.25, 0.3) is 11.5 Å². The number of amides is 1. The zero-order valence-electron chi connectivity index (χ0n) is 13.5. The van der Waals surface area contributed by atoms with E-state index in [1.165, 1.54) is 26.8 Å². The summed E-state index contributed by atoms with van der Waals surface area (Å²) < 4.78 is 1.48. The second-order valence-corrected chi connectivity index (χ2v) is 6.92. The van der Waals surface area contributed by atoms with E-state index >= 15 is 0 Å². The molecule has 2 rings (SSSR count). The molecule has 0 aromatic carbocycles. The van der Waals surface area contributed by atoms with Crippen LogP contribution in [-0.4, -0.2) is 44.0 Å². The number of fused-ring (bicyclic) bond motifs is 1. The highest BCUT2D eigenvalue weighted by atomic mass is 32.1. The number of aryl methyl sites for hydroxylation is 2. The SMILES string of the molecule is Cc1sc2ncc(C(=O)N(CC(C)O)C(C)C)c(=O)n2c1C. The van der Waals surface area contributed by atoms with Crippen molar-refractivity contribution in [3.05, 3.63) is 32.7 Å². The van der Waals surface area contributed by atoms with Crippen LogP contribution in [0, 0.1) is 13.8 Å². The number of hydrogen-bond acceptors (Lipinski definition) is 5. The summed E-state index contributed by atoms with van der Waals surface area (Å²) in [6.45, 7) is 9.26. The lowest BCUT2D eigenvalue weighted by atomic mass is 10.2. The van der Waals surface area contributed by atoms with Crippen LogP contribution in [0.5, 0.6) is 0 Å². The normalized spacial score (nSPS) is 12.9. The number of nitrogens with zero attached hydrogens (tertiary/aromatic N) is 3. The average molecular weight is 323 g/mol. The largest absolute Gasteiger partial charge is 0.392 e. The van der Waals surface area contributed by atoms with E-state index in [4.69, 9.17) is 0 Å². The fourth-order valence-corrected chi connectivity index (χ4v) is 3.22. The van der Waals surface area contributed by atoms with Crippen molar-refractivity contribution < 1.29 is 9.90 Å². The maximum atomic E-state index is 12.7. The first-order valence-electron chi connectivity index (χ1n) is 7.20. The lowest BCUT2D eigenvalue weighted by Gasteiger charge is -2.27. The van der Waals surface area contributed by atoms with Crippen molar-refractivity contribution in [2.45, 2.75) is 46.8 Å². The second-order valence-electron chi connectivity index (χ2n) is 5.74. The minimum Gasteiger partial charge on any atom is -0.392 e. The number of hydrogen-bond donors (Lipinski definition) is 1. The highest BCUT2D eigenvalue weighted by Gasteiger charge is 2.24. The fraction of sp³-hybridized carbons (Fsp3) is 0.533. The van der Waals surface area contributed by atoms with Gasteiger partial charge < -0.3 is 10.0 Å². The van der Waals surface area contributed by atoms with E-state index < -0.39 is 12.0 Å². The van der Waals surface area contributed by atoms with Gasteiger partial charge in [0.1, 0.15) is 5.56 Å². The Morgan fingerprint density at radius 2 is 2.05 bits per heavy atom. The third-order valence-electron chi connectivity index (χ3n) is 3.59. The molecule has 1 unspecified atom stereocenters. The topological polar surface area (TPSA) is 74.9 Å². The van der Waals surface area contributed by atoms with Crippen LogP contribution in [0.3, 0.4) is 0 Å². The maximum absolute atomic E-state index is 12.7. The van der Waals surface area contributed by atoms with Crippen molar-refractivity contribution in [1.29, 1.82) is 0 Å². The van der Waals surface area contributed by atoms with Gasteiger partial charge in [-0.2, -0.15) is 0 Å². The van der Waals surface area contributed by atoms with Gasteiger partial charge in [-0.25, -0.2) is 4.98 Å². The van der Waals surface area contributed by atoms with Gasteiger partial charge in [0.2, 0.25) is 0 Å². The van der Waals surface area contributed by atoms with E-state index in [2.05, 4.69) is 4.98 Å². The Hall–Kier alpha value is -1.73. The number of rotatable bonds is 4. The molecule has 22 heavy (non-hydrogen) atoms. The molecule has 6 nitrogen and oxygen atoms in total. The van der Waals surface area contributed by atoms with Gasteiger partial charge in [0.05, 0.1) is 6.10 Å². The molecule has 0 aliphatic rings. The fourth-order valence-electron chi connectivity index (χ4n) is 2.29. The molecular formula is C15H21N3O3S. The molecule has 1 N–H and O–H groups in total. The molecule has 0 aliphatic carbocycles. The smallest absolute Gasteiger partial charge is 0.271 e. The molecule has 2 aromatic heterocycles. The van der Waals surface area contributed by atoms with Gasteiger partial charge >= 0.3 is 0 Å². The summed E-state index contributed by atoms with van der Waals surface area (Å²) in [5.41, 5.74) is 0.486. The molecule has 1 amide bonds. The van der Waals surface area contributed by atoms with Crippen LogP contribution in [0.25, 0.3) is 4.96 Å². The highest BCUT2D eigenvalue weighted by molar-refractivity contribution is 7.17. The van der Waals surface area contributed by atoms with Gasteiger partial charge in [-0.15, -0.1) is 11.3 Å². The summed E-state index contributed by atoms with van der Waals surface area (Å²) in [4.78, 5) is 32.6. The monoisotopic (exact) mass is 323 g/mol. The Kier molecular flexibility index (Phi) is 4.67. The van der Waals surface area contributed by atoms with Crippen LogP contribution in [0.15, 0.2) is 11.0 Å². The van der Waals surface area contributed by atoms with E-state index in [1.807, 2.05) is 27.7 Å². The van der Waals surface area contributed by atoms with Gasteiger partial charge in [-0.1, -0.05) is 0 Å². The van der Waals surface area contributed by atoms with Crippen molar-refractivity contribution in [3.8, 4) is 0 Å². The van der Waals surface area contributed by atoms with Crippen molar-refractivity contribution in [2.75, 3.05) is 6.54 Å². The minimum absolute atomic E-state index is 0.0350. The van der Waals surface area contributed by atoms with Crippen molar-refractivity contribution in [3.63, 3.8) is 0 Å². The number of carbonyl (C=O) groups is 1. The third-order valence-corrected chi connectivity index (χ3v) is 4.67. The summed E-state index contributed by atoms with van der Waals surface area (Å²) in [6, 6.07) is -0.118. The van der Waals surface area contributed by atoms with Crippen LogP contribution in [0.2, 0.25) is 0 Å². The number of carbonyl (C=O) groups excluding carboxylic acids is 1. The van der Waals surface area contributed by atoms with Crippen LogP contribution in [-0.2, 0) is 0 Å². The summed E-state index contributed by atoms with van der Waals surface area (Å²) in [5.74, 6) is -0.397. The van der Waals surface area contributed by atoms with E-state index in [-0.39, 0.29) is 23.7 Å².